The van der Waals surface area contributed by atoms with Crippen LogP contribution in [0.15, 0.2) is 41.3 Å². The van der Waals surface area contributed by atoms with Crippen LogP contribution in [0.25, 0.3) is 10.9 Å². The Morgan fingerprint density at radius 1 is 1.12 bits per heavy atom. The minimum atomic E-state index is -4.03. The second-order valence-corrected chi connectivity index (χ2v) is 9.26. The zero-order valence-corrected chi connectivity index (χ0v) is 17.9. The Bertz CT molecular complexity index is 1320. The highest BCUT2D eigenvalue weighted by atomic mass is 32.2. The standard InChI is InChI=1S/C21H20F2N2O6S/c1-11-7-16-14(20(23)19(11)22)8-17(25(16)2)21(29)24-15(9-26)12-3-5-13(6-4-12)32(30,31)10-18(27)28/h3-8,15,26H,9-10H2,1-2H3,(H,24,29)(H,27,28)/t15-/m1/s1. The Morgan fingerprint density at radius 2 is 1.75 bits per heavy atom. The molecule has 0 aliphatic heterocycles. The van der Waals surface area contributed by atoms with Crippen molar-refractivity contribution in [3.05, 3.63) is 64.9 Å². The molecule has 0 unspecified atom stereocenters. The Hall–Kier alpha value is -3.31. The van der Waals surface area contributed by atoms with Crippen LogP contribution in [0.2, 0.25) is 0 Å². The normalized spacial score (nSPS) is 12.7. The summed E-state index contributed by atoms with van der Waals surface area (Å²) in [6.07, 6.45) is 0. The maximum Gasteiger partial charge on any atom is 0.319 e. The van der Waals surface area contributed by atoms with E-state index in [4.69, 9.17) is 5.11 Å². The van der Waals surface area contributed by atoms with Crippen molar-refractivity contribution in [2.24, 2.45) is 7.05 Å². The maximum absolute atomic E-state index is 14.3. The molecule has 11 heteroatoms. The highest BCUT2D eigenvalue weighted by molar-refractivity contribution is 7.92. The SMILES string of the molecule is Cc1cc2c(cc(C(=O)N[C@H](CO)c3ccc(S(=O)(=O)CC(=O)O)cc3)n2C)c(F)c1F. The van der Waals surface area contributed by atoms with Gasteiger partial charge >= 0.3 is 5.97 Å². The summed E-state index contributed by atoms with van der Waals surface area (Å²) in [5.74, 6) is -5.28. The van der Waals surface area contributed by atoms with Crippen LogP contribution in [-0.2, 0) is 21.7 Å². The van der Waals surface area contributed by atoms with E-state index in [9.17, 15) is 31.9 Å². The molecule has 170 valence electrons. The number of carbonyl (C=O) groups is 2. The second kappa shape index (κ2) is 8.67. The van der Waals surface area contributed by atoms with Gasteiger partial charge in [0.1, 0.15) is 5.69 Å². The molecule has 0 saturated heterocycles. The Kier molecular flexibility index (Phi) is 6.33. The van der Waals surface area contributed by atoms with Gasteiger partial charge in [-0.25, -0.2) is 17.2 Å². The first-order valence-electron chi connectivity index (χ1n) is 9.36. The molecule has 0 bridgehead atoms. The molecular weight excluding hydrogens is 446 g/mol. The summed E-state index contributed by atoms with van der Waals surface area (Å²) in [6, 6.07) is 6.74. The van der Waals surface area contributed by atoms with Crippen molar-refractivity contribution in [1.29, 1.82) is 0 Å². The summed E-state index contributed by atoms with van der Waals surface area (Å²) >= 11 is 0. The predicted molar refractivity (Wildman–Crippen MR) is 111 cm³/mol. The van der Waals surface area contributed by atoms with E-state index in [0.717, 1.165) is 0 Å². The fraction of sp³-hybridized carbons (Fsp3) is 0.238. The number of hydrogen-bond acceptors (Lipinski definition) is 5. The van der Waals surface area contributed by atoms with E-state index in [2.05, 4.69) is 5.32 Å². The number of aliphatic hydroxyl groups is 1. The number of sulfone groups is 1. The number of hydrogen-bond donors (Lipinski definition) is 3. The van der Waals surface area contributed by atoms with E-state index >= 15 is 0 Å². The number of aliphatic carboxylic acids is 1. The van der Waals surface area contributed by atoms with Crippen molar-refractivity contribution in [2.45, 2.75) is 17.9 Å². The summed E-state index contributed by atoms with van der Waals surface area (Å²) in [5.41, 5.74) is 0.805. The summed E-state index contributed by atoms with van der Waals surface area (Å²) < 4.78 is 53.5. The van der Waals surface area contributed by atoms with E-state index in [0.29, 0.717) is 11.1 Å². The minimum absolute atomic E-state index is 0.0306. The van der Waals surface area contributed by atoms with Gasteiger partial charge in [0.15, 0.2) is 27.2 Å². The average molecular weight is 466 g/mol. The Balaban J connectivity index is 1.88. The molecule has 0 saturated carbocycles. The molecule has 2 aromatic carbocycles. The van der Waals surface area contributed by atoms with Gasteiger partial charge in [0.05, 0.1) is 23.1 Å². The molecular formula is C21H20F2N2O6S. The number of benzene rings is 2. The fourth-order valence-corrected chi connectivity index (χ4v) is 4.41. The maximum atomic E-state index is 14.3. The number of halogens is 2. The van der Waals surface area contributed by atoms with Gasteiger partial charge in [0.25, 0.3) is 5.91 Å². The number of carbonyl (C=O) groups excluding carboxylic acids is 1. The number of amides is 1. The van der Waals surface area contributed by atoms with E-state index < -0.39 is 51.7 Å². The van der Waals surface area contributed by atoms with Gasteiger partial charge in [-0.2, -0.15) is 0 Å². The molecule has 1 heterocycles. The largest absolute Gasteiger partial charge is 0.480 e. The summed E-state index contributed by atoms with van der Waals surface area (Å²) in [4.78, 5) is 23.3. The van der Waals surface area contributed by atoms with Crippen LogP contribution in [0.4, 0.5) is 8.78 Å². The lowest BCUT2D eigenvalue weighted by Crippen LogP contribution is -2.32. The van der Waals surface area contributed by atoms with Gasteiger partial charge in [0.2, 0.25) is 0 Å². The number of aliphatic hydroxyl groups excluding tert-OH is 1. The molecule has 3 rings (SSSR count). The van der Waals surface area contributed by atoms with Crippen LogP contribution in [0.3, 0.4) is 0 Å². The number of fused-ring (bicyclic) bond motifs is 1. The van der Waals surface area contributed by atoms with Crippen LogP contribution in [-0.4, -0.2) is 47.4 Å². The molecule has 0 fully saturated rings. The van der Waals surface area contributed by atoms with E-state index in [1.54, 1.807) is 0 Å². The third-order valence-corrected chi connectivity index (χ3v) is 6.70. The van der Waals surface area contributed by atoms with E-state index in [1.807, 2.05) is 0 Å². The zero-order valence-electron chi connectivity index (χ0n) is 17.1. The smallest absolute Gasteiger partial charge is 0.319 e. The highest BCUT2D eigenvalue weighted by Gasteiger charge is 2.23. The number of nitrogens with one attached hydrogen (secondary N) is 1. The highest BCUT2D eigenvalue weighted by Crippen LogP contribution is 2.27. The third kappa shape index (κ3) is 4.34. The predicted octanol–water partition coefficient (Wildman–Crippen LogP) is 2.09. The molecule has 1 aromatic heterocycles. The van der Waals surface area contributed by atoms with Crippen LogP contribution >= 0.6 is 0 Å². The molecule has 3 aromatic rings. The first kappa shape index (κ1) is 23.4. The minimum Gasteiger partial charge on any atom is -0.480 e. The quantitative estimate of drug-likeness (QED) is 0.490. The van der Waals surface area contributed by atoms with Crippen LogP contribution in [0.5, 0.6) is 0 Å². The molecule has 0 radical (unpaired) electrons. The zero-order chi connectivity index (χ0) is 23.8. The molecule has 0 aliphatic rings. The summed E-state index contributed by atoms with van der Waals surface area (Å²) in [7, 11) is -2.51. The van der Waals surface area contributed by atoms with Gasteiger partial charge in [-0.05, 0) is 42.3 Å². The number of aryl methyl sites for hydroxylation is 2. The molecule has 0 aliphatic carbocycles. The molecule has 3 N–H and O–H groups in total. The van der Waals surface area contributed by atoms with Crippen molar-refractivity contribution in [1.82, 2.24) is 9.88 Å². The summed E-state index contributed by atoms with van der Waals surface area (Å²) in [6.45, 7) is 0.881. The van der Waals surface area contributed by atoms with Crippen molar-refractivity contribution < 1.29 is 37.0 Å². The van der Waals surface area contributed by atoms with Crippen LogP contribution in [0, 0.1) is 18.6 Å². The Morgan fingerprint density at radius 3 is 2.31 bits per heavy atom. The number of aromatic nitrogens is 1. The molecule has 8 nitrogen and oxygen atoms in total. The van der Waals surface area contributed by atoms with Gasteiger partial charge in [-0.3, -0.25) is 9.59 Å². The van der Waals surface area contributed by atoms with Crippen molar-refractivity contribution in [2.75, 3.05) is 12.4 Å². The number of carboxylic acid groups (broad SMARTS) is 1. The Labute approximate surface area is 182 Å². The van der Waals surface area contributed by atoms with Gasteiger partial charge in [0, 0.05) is 12.4 Å². The number of nitrogens with zero attached hydrogens (tertiary/aromatic N) is 1. The number of rotatable bonds is 7. The van der Waals surface area contributed by atoms with Gasteiger partial charge in [-0.15, -0.1) is 0 Å². The van der Waals surface area contributed by atoms with Crippen molar-refractivity contribution in [3.63, 3.8) is 0 Å². The second-order valence-electron chi connectivity index (χ2n) is 7.27. The lowest BCUT2D eigenvalue weighted by molar-refractivity contribution is -0.134. The van der Waals surface area contributed by atoms with Gasteiger partial charge in [-0.1, -0.05) is 12.1 Å². The molecule has 32 heavy (non-hydrogen) atoms. The first-order valence-corrected chi connectivity index (χ1v) is 11.0. The topological polar surface area (TPSA) is 126 Å². The molecule has 1 atom stereocenters. The van der Waals surface area contributed by atoms with Crippen molar-refractivity contribution in [3.8, 4) is 0 Å². The van der Waals surface area contributed by atoms with E-state index in [1.165, 1.54) is 54.9 Å². The average Bonchev–Trinajstić information content (AvgIpc) is 3.06. The van der Waals surface area contributed by atoms with Gasteiger partial charge < -0.3 is 20.1 Å². The monoisotopic (exact) mass is 466 g/mol. The molecule has 1 amide bonds. The lowest BCUT2D eigenvalue weighted by Gasteiger charge is -2.17. The fourth-order valence-electron chi connectivity index (χ4n) is 3.37. The summed E-state index contributed by atoms with van der Waals surface area (Å²) in [5, 5.41) is 20.9. The molecule has 0 spiro atoms. The van der Waals surface area contributed by atoms with Crippen LogP contribution in [0.1, 0.15) is 27.7 Å². The lowest BCUT2D eigenvalue weighted by atomic mass is 10.1. The third-order valence-electron chi connectivity index (χ3n) is 5.08. The van der Waals surface area contributed by atoms with E-state index in [-0.39, 0.29) is 21.5 Å². The van der Waals surface area contributed by atoms with Crippen LogP contribution < -0.4 is 5.32 Å². The number of carboxylic acids is 1. The van der Waals surface area contributed by atoms with Crippen molar-refractivity contribution >= 4 is 32.6 Å². The first-order chi connectivity index (χ1) is 15.0.